The third kappa shape index (κ3) is 11.5. The summed E-state index contributed by atoms with van der Waals surface area (Å²) in [5.41, 5.74) is 1.99. The quantitative estimate of drug-likeness (QED) is 0.0902. The van der Waals surface area contributed by atoms with E-state index in [0.717, 1.165) is 43.5 Å². The lowest BCUT2D eigenvalue weighted by atomic mass is 9.69. The molecule has 0 spiro atoms. The Kier molecular flexibility index (Phi) is 14.9. The Hall–Kier alpha value is -0.943. The van der Waals surface area contributed by atoms with Gasteiger partial charge in [-0.2, -0.15) is 26.3 Å². The third-order valence-corrected chi connectivity index (χ3v) is 12.4. The second kappa shape index (κ2) is 17.3. The molecular formula is C36H63F6N3OSi. The van der Waals surface area contributed by atoms with Crippen LogP contribution < -0.4 is 5.32 Å². The molecule has 1 aliphatic heterocycles. The standard InChI is InChI=1S/C36H63F6N3OSi/c1-9-24-19-28(35(37,38)39)20-25(10-2)33(24)43-23(5)30-15-13-16-31(44-30)32(17-14-18-46-47(6,7)8)45-34-26(11-3)21-29(36(40,41)42)22-27(34)12-4/h24-31,33-34,44H,9-22H2,1-8H3. The Labute approximate surface area is 281 Å². The minimum Gasteiger partial charge on any atom is -0.418 e. The van der Waals surface area contributed by atoms with Crippen LogP contribution in [-0.4, -0.2) is 62.9 Å². The average molecular weight is 696 g/mol. The molecule has 0 aromatic heterocycles. The fourth-order valence-electron chi connectivity index (χ4n) is 8.58. The largest absolute Gasteiger partial charge is 0.418 e. The van der Waals surface area contributed by atoms with E-state index < -0.39 is 32.5 Å². The molecule has 1 heterocycles. The third-order valence-electron chi connectivity index (χ3n) is 11.4. The van der Waals surface area contributed by atoms with E-state index in [1.54, 1.807) is 0 Å². The predicted octanol–water partition coefficient (Wildman–Crippen LogP) is 10.8. The molecule has 11 heteroatoms. The van der Waals surface area contributed by atoms with Crippen molar-refractivity contribution in [1.29, 1.82) is 0 Å². The minimum atomic E-state index is -4.18. The van der Waals surface area contributed by atoms with Gasteiger partial charge in [0.25, 0.3) is 0 Å². The molecule has 2 aliphatic carbocycles. The summed E-state index contributed by atoms with van der Waals surface area (Å²) in [6.45, 7) is 17.1. The van der Waals surface area contributed by atoms with Crippen molar-refractivity contribution in [1.82, 2.24) is 5.32 Å². The van der Waals surface area contributed by atoms with Gasteiger partial charge in [0.15, 0.2) is 8.32 Å². The van der Waals surface area contributed by atoms with E-state index in [1.807, 2.05) is 34.6 Å². The predicted molar refractivity (Wildman–Crippen MR) is 184 cm³/mol. The molecule has 6 atom stereocenters. The smallest absolute Gasteiger partial charge is 0.391 e. The highest BCUT2D eigenvalue weighted by molar-refractivity contribution is 6.69. The van der Waals surface area contributed by atoms with Gasteiger partial charge < -0.3 is 9.74 Å². The topological polar surface area (TPSA) is 46.0 Å². The van der Waals surface area contributed by atoms with E-state index in [-0.39, 0.29) is 73.5 Å². The van der Waals surface area contributed by atoms with Crippen molar-refractivity contribution in [2.24, 2.45) is 45.5 Å². The summed E-state index contributed by atoms with van der Waals surface area (Å²) in [5.74, 6) is -2.93. The fraction of sp³-hybridized carbons (Fsp3) is 0.944. The zero-order valence-electron chi connectivity index (χ0n) is 30.2. The van der Waals surface area contributed by atoms with Crippen LogP contribution in [0.1, 0.15) is 118 Å². The highest BCUT2D eigenvalue weighted by atomic mass is 28.4. The summed E-state index contributed by atoms with van der Waals surface area (Å²) in [7, 11) is -1.69. The van der Waals surface area contributed by atoms with Crippen LogP contribution in [0.3, 0.4) is 0 Å². The molecule has 3 rings (SSSR count). The van der Waals surface area contributed by atoms with Gasteiger partial charge in [0.1, 0.15) is 0 Å². The van der Waals surface area contributed by atoms with Gasteiger partial charge >= 0.3 is 12.4 Å². The first-order valence-corrected chi connectivity index (χ1v) is 22.0. The summed E-state index contributed by atoms with van der Waals surface area (Å²) in [5, 5.41) is 3.83. The number of hydrogen-bond donors (Lipinski definition) is 1. The van der Waals surface area contributed by atoms with Gasteiger partial charge in [0.2, 0.25) is 0 Å². The summed E-state index contributed by atoms with van der Waals surface area (Å²) in [6.07, 6.45) is -0.803. The lowest BCUT2D eigenvalue weighted by Gasteiger charge is -2.42. The van der Waals surface area contributed by atoms with E-state index >= 15 is 0 Å². The number of nitrogens with zero attached hydrogens (tertiary/aromatic N) is 2. The highest BCUT2D eigenvalue weighted by Gasteiger charge is 2.49. The Bertz CT molecular complexity index is 998. The second-order valence-electron chi connectivity index (χ2n) is 15.7. The van der Waals surface area contributed by atoms with Gasteiger partial charge in [-0.25, -0.2) is 0 Å². The van der Waals surface area contributed by atoms with Crippen molar-refractivity contribution in [2.75, 3.05) is 6.61 Å². The van der Waals surface area contributed by atoms with Crippen LogP contribution in [0.25, 0.3) is 0 Å². The zero-order chi connectivity index (χ0) is 35.2. The monoisotopic (exact) mass is 695 g/mol. The molecule has 1 N–H and O–H groups in total. The first-order valence-electron chi connectivity index (χ1n) is 18.6. The summed E-state index contributed by atoms with van der Waals surface area (Å²) in [4.78, 5) is 10.6. The molecule has 274 valence electrons. The normalized spacial score (nSPS) is 35.3. The van der Waals surface area contributed by atoms with Gasteiger partial charge in [0.05, 0.1) is 23.9 Å². The number of hydrogen-bond acceptors (Lipinski definition) is 4. The maximum Gasteiger partial charge on any atom is 0.391 e. The molecule has 3 aliphatic rings. The summed E-state index contributed by atoms with van der Waals surface area (Å²) < 4.78 is 89.0. The van der Waals surface area contributed by atoms with E-state index in [9.17, 15) is 26.3 Å². The molecular weight excluding hydrogens is 632 g/mol. The lowest BCUT2D eigenvalue weighted by molar-refractivity contribution is -0.192. The first kappa shape index (κ1) is 40.5. The summed E-state index contributed by atoms with van der Waals surface area (Å²) in [6, 6.07) is -0.256. The van der Waals surface area contributed by atoms with Crippen molar-refractivity contribution >= 4 is 19.7 Å². The average Bonchev–Trinajstić information content (AvgIpc) is 3.00. The van der Waals surface area contributed by atoms with Crippen molar-refractivity contribution in [3.8, 4) is 0 Å². The van der Waals surface area contributed by atoms with Gasteiger partial charge in [-0.1, -0.05) is 53.4 Å². The molecule has 2 saturated carbocycles. The SMILES string of the molecule is CCC1CC(C(F)(F)F)CC(CC)C1N=C(C)C1CCCC(C(CCCO[Si](C)(C)C)=NC2C(CC)CC(C(F)(F)F)CC2CC)N1. The van der Waals surface area contributed by atoms with E-state index in [0.29, 0.717) is 32.3 Å². The van der Waals surface area contributed by atoms with Crippen LogP contribution >= 0.6 is 0 Å². The molecule has 4 nitrogen and oxygen atoms in total. The molecule has 0 radical (unpaired) electrons. The fourth-order valence-corrected chi connectivity index (χ4v) is 9.33. The van der Waals surface area contributed by atoms with Gasteiger partial charge in [-0.15, -0.1) is 0 Å². The Morgan fingerprint density at radius 3 is 1.53 bits per heavy atom. The summed E-state index contributed by atoms with van der Waals surface area (Å²) >= 11 is 0. The van der Waals surface area contributed by atoms with Crippen LogP contribution in [-0.2, 0) is 4.43 Å². The van der Waals surface area contributed by atoms with Gasteiger partial charge in [-0.3, -0.25) is 9.98 Å². The van der Waals surface area contributed by atoms with Crippen LogP contribution in [0.15, 0.2) is 9.98 Å². The minimum absolute atomic E-state index is 0.00237. The van der Waals surface area contributed by atoms with E-state index in [2.05, 4.69) is 25.0 Å². The number of nitrogens with one attached hydrogen (secondary N) is 1. The number of piperidine rings is 1. The molecule has 3 fully saturated rings. The van der Waals surface area contributed by atoms with Crippen LogP contribution in [0.4, 0.5) is 26.3 Å². The molecule has 1 saturated heterocycles. The van der Waals surface area contributed by atoms with Crippen LogP contribution in [0, 0.1) is 35.5 Å². The Balaban J connectivity index is 1.87. The van der Waals surface area contributed by atoms with E-state index in [1.165, 1.54) is 0 Å². The maximum atomic E-state index is 13.9. The van der Waals surface area contributed by atoms with Crippen LogP contribution in [0.5, 0.6) is 0 Å². The Morgan fingerprint density at radius 2 is 1.13 bits per heavy atom. The van der Waals surface area contributed by atoms with Gasteiger partial charge in [0, 0.05) is 30.1 Å². The van der Waals surface area contributed by atoms with Gasteiger partial charge in [-0.05, 0) is 108 Å². The van der Waals surface area contributed by atoms with Crippen molar-refractivity contribution in [2.45, 2.75) is 174 Å². The molecule has 0 bridgehead atoms. The van der Waals surface area contributed by atoms with Crippen molar-refractivity contribution in [3.63, 3.8) is 0 Å². The Morgan fingerprint density at radius 1 is 0.702 bits per heavy atom. The number of alkyl halides is 6. The second-order valence-corrected chi connectivity index (χ2v) is 20.2. The lowest BCUT2D eigenvalue weighted by Crippen LogP contribution is -2.51. The van der Waals surface area contributed by atoms with Crippen LogP contribution in [0.2, 0.25) is 19.6 Å². The van der Waals surface area contributed by atoms with E-state index in [4.69, 9.17) is 14.4 Å². The first-order chi connectivity index (χ1) is 21.9. The van der Waals surface area contributed by atoms with Crippen molar-refractivity contribution < 1.29 is 30.8 Å². The number of halogens is 6. The molecule has 6 unspecified atom stereocenters. The molecule has 0 aromatic carbocycles. The zero-order valence-corrected chi connectivity index (χ0v) is 31.2. The maximum absolute atomic E-state index is 13.9. The highest BCUT2D eigenvalue weighted by Crippen LogP contribution is 2.47. The number of rotatable bonds is 13. The molecule has 47 heavy (non-hydrogen) atoms. The molecule has 0 amide bonds. The number of aliphatic imine (C=N–C) groups is 2. The molecule has 0 aromatic rings. The van der Waals surface area contributed by atoms with Crippen molar-refractivity contribution in [3.05, 3.63) is 0 Å².